The second-order valence-electron chi connectivity index (χ2n) is 4.66. The first-order valence-electron chi connectivity index (χ1n) is 6.21. The van der Waals surface area contributed by atoms with E-state index in [0.29, 0.717) is 23.4 Å². The molecule has 1 aromatic carbocycles. The van der Waals surface area contributed by atoms with E-state index >= 15 is 0 Å². The average Bonchev–Trinajstić information content (AvgIpc) is 3.17. The summed E-state index contributed by atoms with van der Waals surface area (Å²) in [5.74, 6) is 2.34. The van der Waals surface area contributed by atoms with Crippen LogP contribution in [0.25, 0.3) is 0 Å². The summed E-state index contributed by atoms with van der Waals surface area (Å²) in [6, 6.07) is 3.62. The smallest absolute Gasteiger partial charge is 0.229 e. The number of nitrogens with zero attached hydrogens (tertiary/aromatic N) is 2. The van der Waals surface area contributed by atoms with Crippen LogP contribution in [0.15, 0.2) is 25.6 Å². The zero-order valence-corrected chi connectivity index (χ0v) is 13.6. The van der Waals surface area contributed by atoms with Crippen LogP contribution in [0.5, 0.6) is 5.75 Å². The molecule has 0 atom stereocenters. The first kappa shape index (κ1) is 14.0. The van der Waals surface area contributed by atoms with Gasteiger partial charge in [0.25, 0.3) is 0 Å². The van der Waals surface area contributed by atoms with Crippen molar-refractivity contribution in [2.45, 2.75) is 32.0 Å². The molecule has 0 bridgehead atoms. The molecule has 1 fully saturated rings. The minimum Gasteiger partial charge on any atom is -0.483 e. The van der Waals surface area contributed by atoms with Crippen molar-refractivity contribution in [3.8, 4) is 5.75 Å². The standard InChI is InChI=1S/C13H12Br2N2O3/c14-9-3-7(5-18)4-10(15)12(9)19-6-11-16-13(20-17-11)8-1-2-8/h3-4,8,18H,1-2,5-6H2. The van der Waals surface area contributed by atoms with Crippen molar-refractivity contribution in [1.82, 2.24) is 10.1 Å². The molecule has 0 aliphatic heterocycles. The number of ether oxygens (including phenoxy) is 1. The van der Waals surface area contributed by atoms with Crippen LogP contribution in [-0.4, -0.2) is 15.2 Å². The highest BCUT2D eigenvalue weighted by Crippen LogP contribution is 2.39. The molecule has 0 radical (unpaired) electrons. The first-order valence-corrected chi connectivity index (χ1v) is 7.80. The van der Waals surface area contributed by atoms with Crippen molar-refractivity contribution < 1.29 is 14.4 Å². The second kappa shape index (κ2) is 5.83. The van der Waals surface area contributed by atoms with Gasteiger partial charge >= 0.3 is 0 Å². The Morgan fingerprint density at radius 2 is 2.00 bits per heavy atom. The maximum Gasteiger partial charge on any atom is 0.229 e. The molecule has 1 aromatic heterocycles. The molecule has 5 nitrogen and oxygen atoms in total. The topological polar surface area (TPSA) is 68.4 Å². The largest absolute Gasteiger partial charge is 0.483 e. The maximum absolute atomic E-state index is 9.13. The van der Waals surface area contributed by atoms with Gasteiger partial charge in [-0.15, -0.1) is 0 Å². The van der Waals surface area contributed by atoms with Gasteiger partial charge in [0.15, 0.2) is 6.61 Å². The van der Waals surface area contributed by atoms with Gasteiger partial charge in [-0.25, -0.2) is 0 Å². The minimum absolute atomic E-state index is 0.0208. The molecule has 2 aromatic rings. The van der Waals surface area contributed by atoms with Crippen molar-refractivity contribution >= 4 is 31.9 Å². The number of rotatable bonds is 5. The third kappa shape index (κ3) is 3.05. The summed E-state index contributed by atoms with van der Waals surface area (Å²) >= 11 is 6.84. The van der Waals surface area contributed by atoms with Gasteiger partial charge in [-0.1, -0.05) is 5.16 Å². The van der Waals surface area contributed by atoms with Gasteiger partial charge in [-0.2, -0.15) is 4.98 Å². The van der Waals surface area contributed by atoms with E-state index in [0.717, 1.165) is 27.4 Å². The molecule has 1 heterocycles. The van der Waals surface area contributed by atoms with E-state index in [2.05, 4.69) is 42.0 Å². The predicted molar refractivity (Wildman–Crippen MR) is 78.4 cm³/mol. The van der Waals surface area contributed by atoms with Gasteiger partial charge in [-0.05, 0) is 62.4 Å². The van der Waals surface area contributed by atoms with E-state index in [1.807, 2.05) is 12.1 Å². The van der Waals surface area contributed by atoms with Crippen LogP contribution in [-0.2, 0) is 13.2 Å². The van der Waals surface area contributed by atoms with Gasteiger partial charge in [-0.3, -0.25) is 0 Å². The lowest BCUT2D eigenvalue weighted by Gasteiger charge is -2.10. The number of hydrogen-bond donors (Lipinski definition) is 1. The van der Waals surface area contributed by atoms with Gasteiger partial charge in [0, 0.05) is 5.92 Å². The van der Waals surface area contributed by atoms with Crippen molar-refractivity contribution in [2.24, 2.45) is 0 Å². The summed E-state index contributed by atoms with van der Waals surface area (Å²) in [5.41, 5.74) is 0.798. The van der Waals surface area contributed by atoms with E-state index in [9.17, 15) is 0 Å². The van der Waals surface area contributed by atoms with Crippen LogP contribution in [0.4, 0.5) is 0 Å². The highest BCUT2D eigenvalue weighted by molar-refractivity contribution is 9.11. The normalized spacial score (nSPS) is 14.6. The number of aliphatic hydroxyl groups is 1. The van der Waals surface area contributed by atoms with Crippen molar-refractivity contribution in [3.63, 3.8) is 0 Å². The number of halogens is 2. The zero-order chi connectivity index (χ0) is 14.1. The van der Waals surface area contributed by atoms with Gasteiger partial charge in [0.1, 0.15) is 5.75 Å². The average molecular weight is 404 g/mol. The SMILES string of the molecule is OCc1cc(Br)c(OCc2noc(C3CC3)n2)c(Br)c1. The van der Waals surface area contributed by atoms with E-state index in [1.165, 1.54) is 0 Å². The Balaban J connectivity index is 1.70. The van der Waals surface area contributed by atoms with E-state index in [1.54, 1.807) is 0 Å². The minimum atomic E-state index is -0.0208. The lowest BCUT2D eigenvalue weighted by Crippen LogP contribution is -2.00. The molecular weight excluding hydrogens is 392 g/mol. The van der Waals surface area contributed by atoms with Crippen molar-refractivity contribution in [2.75, 3.05) is 0 Å². The fourth-order valence-corrected chi connectivity index (χ4v) is 3.31. The third-order valence-electron chi connectivity index (χ3n) is 3.00. The van der Waals surface area contributed by atoms with Crippen molar-refractivity contribution in [3.05, 3.63) is 38.4 Å². The van der Waals surface area contributed by atoms with Crippen molar-refractivity contribution in [1.29, 1.82) is 0 Å². The van der Waals surface area contributed by atoms with Crippen LogP contribution < -0.4 is 4.74 Å². The first-order chi connectivity index (χ1) is 9.67. The van der Waals surface area contributed by atoms with Gasteiger partial charge in [0.05, 0.1) is 15.6 Å². The molecular formula is C13H12Br2N2O3. The molecule has 1 saturated carbocycles. The zero-order valence-electron chi connectivity index (χ0n) is 10.5. The summed E-state index contributed by atoms with van der Waals surface area (Å²) in [6.45, 7) is 0.221. The lowest BCUT2D eigenvalue weighted by atomic mass is 10.2. The molecule has 20 heavy (non-hydrogen) atoms. The Morgan fingerprint density at radius 3 is 2.60 bits per heavy atom. The highest BCUT2D eigenvalue weighted by Gasteiger charge is 2.29. The fraction of sp³-hybridized carbons (Fsp3) is 0.385. The fourth-order valence-electron chi connectivity index (χ4n) is 1.80. The van der Waals surface area contributed by atoms with E-state index in [4.69, 9.17) is 14.4 Å². The summed E-state index contributed by atoms with van der Waals surface area (Å²) in [4.78, 5) is 4.31. The molecule has 7 heteroatoms. The van der Waals surface area contributed by atoms with Crippen LogP contribution in [0.3, 0.4) is 0 Å². The quantitative estimate of drug-likeness (QED) is 0.826. The number of aliphatic hydroxyl groups excluding tert-OH is 1. The molecule has 0 amide bonds. The Labute approximate surface area is 132 Å². The summed E-state index contributed by atoms with van der Waals surface area (Å²) in [5, 5.41) is 13.0. The Bertz CT molecular complexity index is 603. The third-order valence-corrected chi connectivity index (χ3v) is 4.17. The molecule has 1 aliphatic rings. The molecule has 1 N–H and O–H groups in total. The lowest BCUT2D eigenvalue weighted by molar-refractivity contribution is 0.276. The van der Waals surface area contributed by atoms with Crippen LogP contribution in [0.2, 0.25) is 0 Å². The summed E-state index contributed by atoms with van der Waals surface area (Å²) in [7, 11) is 0. The number of hydrogen-bond acceptors (Lipinski definition) is 5. The van der Waals surface area contributed by atoms with Gasteiger partial charge < -0.3 is 14.4 Å². The maximum atomic E-state index is 9.13. The monoisotopic (exact) mass is 402 g/mol. The molecule has 1 aliphatic carbocycles. The van der Waals surface area contributed by atoms with Crippen LogP contribution in [0, 0.1) is 0 Å². The van der Waals surface area contributed by atoms with E-state index in [-0.39, 0.29) is 13.2 Å². The molecule has 3 rings (SSSR count). The molecule has 0 unspecified atom stereocenters. The molecule has 0 spiro atoms. The predicted octanol–water partition coefficient (Wildman–Crippen LogP) is 3.54. The number of aromatic nitrogens is 2. The second-order valence-corrected chi connectivity index (χ2v) is 6.37. The summed E-state index contributed by atoms with van der Waals surface area (Å²) in [6.07, 6.45) is 2.25. The van der Waals surface area contributed by atoms with Gasteiger partial charge in [0.2, 0.25) is 11.7 Å². The summed E-state index contributed by atoms with van der Waals surface area (Å²) < 4.78 is 12.4. The Hall–Kier alpha value is -0.920. The number of benzene rings is 1. The van der Waals surface area contributed by atoms with Crippen LogP contribution in [0.1, 0.15) is 36.0 Å². The molecule has 106 valence electrons. The Morgan fingerprint density at radius 1 is 1.30 bits per heavy atom. The highest BCUT2D eigenvalue weighted by atomic mass is 79.9. The van der Waals surface area contributed by atoms with Crippen LogP contribution >= 0.6 is 31.9 Å². The molecule has 0 saturated heterocycles. The Kier molecular flexibility index (Phi) is 4.09. The van der Waals surface area contributed by atoms with E-state index < -0.39 is 0 Å².